The SMILES string of the molecule is [Ca+2].[Cl-].[F-].[Li+]. The second kappa shape index (κ2) is 19.6. The third kappa shape index (κ3) is 8.95. The van der Waals surface area contributed by atoms with Gasteiger partial charge in [0.2, 0.25) is 0 Å². The van der Waals surface area contributed by atoms with E-state index in [0.717, 1.165) is 0 Å². The molecule has 0 spiro atoms. The quantitative estimate of drug-likeness (QED) is 0.266. The van der Waals surface area contributed by atoms with Crippen molar-refractivity contribution in [2.45, 2.75) is 0 Å². The summed E-state index contributed by atoms with van der Waals surface area (Å²) in [4.78, 5) is 0. The van der Waals surface area contributed by atoms with E-state index < -0.39 is 0 Å². The van der Waals surface area contributed by atoms with Crippen LogP contribution in [0.4, 0.5) is 0 Å². The Hall–Kier alpha value is 2.08. The standard InChI is InChI=1S/Ca.ClH.FH.Li/h;2*1H;/q+2;;;+1/p-2. The van der Waals surface area contributed by atoms with E-state index in [1.807, 2.05) is 0 Å². The zero-order valence-electron chi connectivity index (χ0n) is 2.46. The van der Waals surface area contributed by atoms with Gasteiger partial charge in [0.1, 0.15) is 0 Å². The Morgan fingerprint density at radius 2 is 1.00 bits per heavy atom. The molecule has 0 fully saturated rings. The van der Waals surface area contributed by atoms with Gasteiger partial charge >= 0.3 is 56.6 Å². The zero-order valence-corrected chi connectivity index (χ0v) is 5.43. The van der Waals surface area contributed by atoms with E-state index in [9.17, 15) is 0 Å². The molecular formula is CaClFLi+. The first-order valence-electron chi connectivity index (χ1n) is 0. The molecule has 0 aromatic heterocycles. The van der Waals surface area contributed by atoms with E-state index in [1.54, 1.807) is 0 Å². The molecule has 0 rings (SSSR count). The fourth-order valence-corrected chi connectivity index (χ4v) is 0. The van der Waals surface area contributed by atoms with Crippen molar-refractivity contribution in [3.8, 4) is 0 Å². The van der Waals surface area contributed by atoms with Gasteiger partial charge in [-0.15, -0.1) is 0 Å². The van der Waals surface area contributed by atoms with Crippen molar-refractivity contribution >= 4 is 37.7 Å². The molecule has 0 aromatic carbocycles. The number of halogens is 2. The molecule has 0 aliphatic heterocycles. The Balaban J connectivity index is 0. The van der Waals surface area contributed by atoms with Crippen molar-refractivity contribution in [2.24, 2.45) is 0 Å². The first kappa shape index (κ1) is 36.3. The summed E-state index contributed by atoms with van der Waals surface area (Å²) in [6.45, 7) is 0. The van der Waals surface area contributed by atoms with Crippen LogP contribution in [0.15, 0.2) is 0 Å². The summed E-state index contributed by atoms with van der Waals surface area (Å²) in [7, 11) is 0. The van der Waals surface area contributed by atoms with Gasteiger partial charge in [-0.3, -0.25) is 0 Å². The predicted octanol–water partition coefficient (Wildman–Crippen LogP) is -9.37. The molecule has 0 aliphatic carbocycles. The molecule has 0 amide bonds. The van der Waals surface area contributed by atoms with Crippen LogP contribution in [0, 0.1) is 0 Å². The second-order valence-electron chi connectivity index (χ2n) is 0. The van der Waals surface area contributed by atoms with Crippen molar-refractivity contribution in [1.82, 2.24) is 0 Å². The Bertz CT molecular complexity index is 8.00. The molecule has 0 aromatic rings. The van der Waals surface area contributed by atoms with Crippen molar-refractivity contribution < 1.29 is 36.0 Å². The van der Waals surface area contributed by atoms with Gasteiger partial charge in [0, 0.05) is 0 Å². The van der Waals surface area contributed by atoms with E-state index >= 15 is 0 Å². The van der Waals surface area contributed by atoms with Gasteiger partial charge in [-0.1, -0.05) is 0 Å². The van der Waals surface area contributed by atoms with Gasteiger partial charge in [0.05, 0.1) is 0 Å². The van der Waals surface area contributed by atoms with E-state index in [2.05, 4.69) is 0 Å². The normalized spacial score (nSPS) is 0. The molecule has 4 heteroatoms. The molecule has 4 heavy (non-hydrogen) atoms. The molecule has 0 N–H and O–H groups in total. The maximum absolute atomic E-state index is 0. The van der Waals surface area contributed by atoms with E-state index in [1.165, 1.54) is 0 Å². The molecule has 0 radical (unpaired) electrons. The zero-order chi connectivity index (χ0) is 0. The largest absolute Gasteiger partial charge is 2.00 e. The summed E-state index contributed by atoms with van der Waals surface area (Å²) in [6, 6.07) is 0. The minimum absolute atomic E-state index is 0. The van der Waals surface area contributed by atoms with E-state index in [-0.39, 0.29) is 73.7 Å². The summed E-state index contributed by atoms with van der Waals surface area (Å²) < 4.78 is 0. The van der Waals surface area contributed by atoms with Gasteiger partial charge < -0.3 is 17.1 Å². The van der Waals surface area contributed by atoms with Gasteiger partial charge in [-0.05, 0) is 0 Å². The molecular weight excluding hydrogens is 101 g/mol. The monoisotopic (exact) mass is 101 g/mol. The summed E-state index contributed by atoms with van der Waals surface area (Å²) in [6.07, 6.45) is 0. The number of hydrogen-bond donors (Lipinski definition) is 0. The molecule has 0 heterocycles. The first-order chi connectivity index (χ1) is 0. The predicted molar refractivity (Wildman–Crippen MR) is 5.75 cm³/mol. The minimum atomic E-state index is 0. The van der Waals surface area contributed by atoms with Gasteiger partial charge in [0.15, 0.2) is 0 Å². The van der Waals surface area contributed by atoms with Gasteiger partial charge in [-0.25, -0.2) is 0 Å². The summed E-state index contributed by atoms with van der Waals surface area (Å²) in [5.41, 5.74) is 0. The maximum Gasteiger partial charge on any atom is 2.00 e. The summed E-state index contributed by atoms with van der Waals surface area (Å²) >= 11 is 0. The van der Waals surface area contributed by atoms with E-state index in [4.69, 9.17) is 0 Å². The molecule has 16 valence electrons. The second-order valence-corrected chi connectivity index (χ2v) is 0. The van der Waals surface area contributed by atoms with Crippen LogP contribution in [0.1, 0.15) is 0 Å². The fourth-order valence-electron chi connectivity index (χ4n) is 0. The van der Waals surface area contributed by atoms with Crippen LogP contribution in [0.25, 0.3) is 0 Å². The van der Waals surface area contributed by atoms with E-state index in [0.29, 0.717) is 0 Å². The Labute approximate surface area is 72.7 Å². The Morgan fingerprint density at radius 3 is 1.00 bits per heavy atom. The van der Waals surface area contributed by atoms with Gasteiger partial charge in [0.25, 0.3) is 0 Å². The molecule has 0 nitrogen and oxygen atoms in total. The first-order valence-corrected chi connectivity index (χ1v) is 0. The smallest absolute Gasteiger partial charge is 1.00 e. The third-order valence-electron chi connectivity index (χ3n) is 0. The molecule has 0 saturated heterocycles. The maximum atomic E-state index is 0. The fraction of sp³-hybridized carbons (Fsp3) is 0. The van der Waals surface area contributed by atoms with Crippen molar-refractivity contribution in [1.29, 1.82) is 0 Å². The van der Waals surface area contributed by atoms with Crippen molar-refractivity contribution in [2.75, 3.05) is 0 Å². The molecule has 0 atom stereocenters. The number of rotatable bonds is 0. The van der Waals surface area contributed by atoms with Crippen molar-refractivity contribution in [3.63, 3.8) is 0 Å². The van der Waals surface area contributed by atoms with Crippen LogP contribution in [0.2, 0.25) is 0 Å². The third-order valence-corrected chi connectivity index (χ3v) is 0. The molecule has 0 aliphatic rings. The summed E-state index contributed by atoms with van der Waals surface area (Å²) in [5.74, 6) is 0. The van der Waals surface area contributed by atoms with Crippen molar-refractivity contribution in [3.05, 3.63) is 0 Å². The minimum Gasteiger partial charge on any atom is -1.00 e. The van der Waals surface area contributed by atoms with Crippen LogP contribution >= 0.6 is 0 Å². The summed E-state index contributed by atoms with van der Waals surface area (Å²) in [5, 5.41) is 0. The molecule has 0 saturated carbocycles. The van der Waals surface area contributed by atoms with Crippen LogP contribution in [-0.2, 0) is 0 Å². The van der Waals surface area contributed by atoms with Gasteiger partial charge in [-0.2, -0.15) is 0 Å². The van der Waals surface area contributed by atoms with Crippen LogP contribution in [0.5, 0.6) is 0 Å². The average molecular weight is 101 g/mol. The van der Waals surface area contributed by atoms with Crippen LogP contribution in [0.3, 0.4) is 0 Å². The molecule has 0 unspecified atom stereocenters. The van der Waals surface area contributed by atoms with Crippen LogP contribution in [-0.4, -0.2) is 37.7 Å². The Morgan fingerprint density at radius 1 is 1.00 bits per heavy atom. The molecule has 0 bridgehead atoms. The van der Waals surface area contributed by atoms with Crippen LogP contribution < -0.4 is 36.0 Å². The average Bonchev–Trinajstić information content (AvgIpc) is 0. The topological polar surface area (TPSA) is 0 Å². The number of hydrogen-bond acceptors (Lipinski definition) is 0. The Kier molecular flexibility index (Phi) is 178.